The van der Waals surface area contributed by atoms with Crippen LogP contribution in [0.1, 0.15) is 18.4 Å². The van der Waals surface area contributed by atoms with E-state index in [1.807, 2.05) is 30.4 Å². The summed E-state index contributed by atoms with van der Waals surface area (Å²) in [4.78, 5) is 11.5. The zero-order chi connectivity index (χ0) is 12.6. The Bertz CT molecular complexity index is 521. The van der Waals surface area contributed by atoms with E-state index in [0.29, 0.717) is 18.6 Å². The van der Waals surface area contributed by atoms with Crippen LogP contribution in [0.2, 0.25) is 0 Å². The first-order valence-electron chi connectivity index (χ1n) is 5.99. The van der Waals surface area contributed by atoms with Crippen LogP contribution >= 0.6 is 0 Å². The van der Waals surface area contributed by atoms with E-state index in [9.17, 15) is 9.90 Å². The molecule has 0 saturated carbocycles. The molecular weight excluding hydrogens is 232 g/mol. The van der Waals surface area contributed by atoms with E-state index in [4.69, 9.17) is 9.47 Å². The molecular formula is C14H14O4. The van der Waals surface area contributed by atoms with E-state index in [2.05, 4.69) is 0 Å². The molecule has 18 heavy (non-hydrogen) atoms. The SMILES string of the molecule is O=C(O)C1(Cc2ccc3c(c2)OCO3)C=CCC1. The van der Waals surface area contributed by atoms with Gasteiger partial charge in [-0.3, -0.25) is 4.79 Å². The zero-order valence-corrected chi connectivity index (χ0v) is 9.89. The number of carboxylic acids is 1. The van der Waals surface area contributed by atoms with Gasteiger partial charge in [-0.05, 0) is 37.0 Å². The number of ether oxygens (including phenoxy) is 2. The summed E-state index contributed by atoms with van der Waals surface area (Å²) in [6.07, 6.45) is 5.75. The lowest BCUT2D eigenvalue weighted by molar-refractivity contribution is -0.146. The van der Waals surface area contributed by atoms with Gasteiger partial charge in [0.15, 0.2) is 11.5 Å². The van der Waals surface area contributed by atoms with Crippen molar-refractivity contribution in [1.82, 2.24) is 0 Å². The lowest BCUT2D eigenvalue weighted by Gasteiger charge is -2.22. The minimum absolute atomic E-state index is 0.239. The highest BCUT2D eigenvalue weighted by molar-refractivity contribution is 5.78. The standard InChI is InChI=1S/C14H14O4/c15-13(16)14(5-1-2-6-14)8-10-3-4-11-12(7-10)18-9-17-11/h1,3-5,7H,2,6,8-9H2,(H,15,16). The van der Waals surface area contributed by atoms with Gasteiger partial charge >= 0.3 is 5.97 Å². The molecule has 2 aliphatic rings. The number of aliphatic carboxylic acids is 1. The van der Waals surface area contributed by atoms with Crippen molar-refractivity contribution in [2.24, 2.45) is 5.41 Å². The number of rotatable bonds is 3. The van der Waals surface area contributed by atoms with Crippen molar-refractivity contribution < 1.29 is 19.4 Å². The van der Waals surface area contributed by atoms with Gasteiger partial charge in [-0.15, -0.1) is 0 Å². The van der Waals surface area contributed by atoms with Crippen LogP contribution in [0.4, 0.5) is 0 Å². The Hall–Kier alpha value is -1.97. The van der Waals surface area contributed by atoms with Crippen molar-refractivity contribution in [3.63, 3.8) is 0 Å². The first-order valence-corrected chi connectivity index (χ1v) is 5.99. The Morgan fingerprint density at radius 2 is 2.17 bits per heavy atom. The topological polar surface area (TPSA) is 55.8 Å². The molecule has 3 rings (SSSR count). The van der Waals surface area contributed by atoms with Gasteiger partial charge in [-0.2, -0.15) is 0 Å². The maximum Gasteiger partial charge on any atom is 0.313 e. The van der Waals surface area contributed by atoms with Crippen LogP contribution in [-0.2, 0) is 11.2 Å². The molecule has 1 aromatic rings. The third kappa shape index (κ3) is 1.74. The van der Waals surface area contributed by atoms with Gasteiger partial charge in [0.05, 0.1) is 5.41 Å². The van der Waals surface area contributed by atoms with Gasteiger partial charge < -0.3 is 14.6 Å². The molecule has 1 aliphatic heterocycles. The normalized spacial score (nSPS) is 24.4. The summed E-state index contributed by atoms with van der Waals surface area (Å²) in [5.74, 6) is 0.675. The number of hydrogen-bond donors (Lipinski definition) is 1. The summed E-state index contributed by atoms with van der Waals surface area (Å²) in [7, 11) is 0. The molecule has 0 bridgehead atoms. The number of benzene rings is 1. The molecule has 4 heteroatoms. The molecule has 4 nitrogen and oxygen atoms in total. The van der Waals surface area contributed by atoms with Gasteiger partial charge in [0, 0.05) is 0 Å². The van der Waals surface area contributed by atoms with E-state index in [0.717, 1.165) is 17.7 Å². The average molecular weight is 246 g/mol. The Morgan fingerprint density at radius 3 is 2.89 bits per heavy atom. The second kappa shape index (κ2) is 4.05. The fourth-order valence-corrected chi connectivity index (χ4v) is 2.55. The third-order valence-electron chi connectivity index (χ3n) is 3.58. The lowest BCUT2D eigenvalue weighted by Crippen LogP contribution is -2.29. The molecule has 94 valence electrons. The maximum absolute atomic E-state index is 11.5. The van der Waals surface area contributed by atoms with E-state index >= 15 is 0 Å². The first kappa shape index (κ1) is 11.1. The second-order valence-electron chi connectivity index (χ2n) is 4.77. The number of hydrogen-bond acceptors (Lipinski definition) is 3. The lowest BCUT2D eigenvalue weighted by atomic mass is 9.81. The third-order valence-corrected chi connectivity index (χ3v) is 3.58. The van der Waals surface area contributed by atoms with Gasteiger partial charge in [-0.25, -0.2) is 0 Å². The van der Waals surface area contributed by atoms with Crippen molar-refractivity contribution in [2.75, 3.05) is 6.79 Å². The number of allylic oxidation sites excluding steroid dienone is 1. The molecule has 1 atom stereocenters. The molecule has 0 aromatic heterocycles. The Balaban J connectivity index is 1.88. The van der Waals surface area contributed by atoms with E-state index < -0.39 is 11.4 Å². The van der Waals surface area contributed by atoms with Crippen molar-refractivity contribution in [2.45, 2.75) is 19.3 Å². The Morgan fingerprint density at radius 1 is 1.33 bits per heavy atom. The minimum atomic E-state index is -0.756. The summed E-state index contributed by atoms with van der Waals surface area (Å²) in [5.41, 5.74) is 0.210. The molecule has 0 saturated heterocycles. The van der Waals surface area contributed by atoms with Crippen molar-refractivity contribution in [3.05, 3.63) is 35.9 Å². The van der Waals surface area contributed by atoms with E-state index in [1.165, 1.54) is 0 Å². The predicted octanol–water partition coefficient (Wildman–Crippen LogP) is 2.38. The van der Waals surface area contributed by atoms with E-state index in [1.54, 1.807) is 0 Å². The van der Waals surface area contributed by atoms with Gasteiger partial charge in [0.1, 0.15) is 0 Å². The highest BCUT2D eigenvalue weighted by atomic mass is 16.7. The summed E-state index contributed by atoms with van der Waals surface area (Å²) in [6.45, 7) is 0.239. The van der Waals surface area contributed by atoms with Crippen molar-refractivity contribution in [3.8, 4) is 11.5 Å². The van der Waals surface area contributed by atoms with Crippen molar-refractivity contribution in [1.29, 1.82) is 0 Å². The molecule has 0 fully saturated rings. The smallest absolute Gasteiger partial charge is 0.313 e. The highest BCUT2D eigenvalue weighted by Gasteiger charge is 2.38. The fraction of sp³-hybridized carbons (Fsp3) is 0.357. The van der Waals surface area contributed by atoms with E-state index in [-0.39, 0.29) is 6.79 Å². The van der Waals surface area contributed by atoms with Crippen LogP contribution in [0.15, 0.2) is 30.4 Å². The van der Waals surface area contributed by atoms with Crippen LogP contribution < -0.4 is 9.47 Å². The molecule has 1 unspecified atom stereocenters. The average Bonchev–Trinajstić information content (AvgIpc) is 2.97. The largest absolute Gasteiger partial charge is 0.481 e. The van der Waals surface area contributed by atoms with Crippen LogP contribution in [0.3, 0.4) is 0 Å². The Kier molecular flexibility index (Phi) is 2.51. The summed E-state index contributed by atoms with van der Waals surface area (Å²) in [5, 5.41) is 9.41. The van der Waals surface area contributed by atoms with Crippen LogP contribution in [0, 0.1) is 5.41 Å². The van der Waals surface area contributed by atoms with Crippen LogP contribution in [0.5, 0.6) is 11.5 Å². The monoisotopic (exact) mass is 246 g/mol. The van der Waals surface area contributed by atoms with Gasteiger partial charge in [-0.1, -0.05) is 18.2 Å². The predicted molar refractivity (Wildman–Crippen MR) is 64.7 cm³/mol. The second-order valence-corrected chi connectivity index (χ2v) is 4.77. The summed E-state index contributed by atoms with van der Waals surface area (Å²) < 4.78 is 10.6. The molecule has 0 amide bonds. The number of carboxylic acid groups (broad SMARTS) is 1. The van der Waals surface area contributed by atoms with Crippen LogP contribution in [0.25, 0.3) is 0 Å². The highest BCUT2D eigenvalue weighted by Crippen LogP contribution is 2.39. The summed E-state index contributed by atoms with van der Waals surface area (Å²) in [6, 6.07) is 5.62. The van der Waals surface area contributed by atoms with Gasteiger partial charge in [0.2, 0.25) is 6.79 Å². The molecule has 1 heterocycles. The van der Waals surface area contributed by atoms with Gasteiger partial charge in [0.25, 0.3) is 0 Å². The molecule has 0 radical (unpaired) electrons. The zero-order valence-electron chi connectivity index (χ0n) is 9.89. The maximum atomic E-state index is 11.5. The molecule has 1 aromatic carbocycles. The van der Waals surface area contributed by atoms with Crippen molar-refractivity contribution >= 4 is 5.97 Å². The summed E-state index contributed by atoms with van der Waals surface area (Å²) >= 11 is 0. The minimum Gasteiger partial charge on any atom is -0.481 e. The number of fused-ring (bicyclic) bond motifs is 1. The first-order chi connectivity index (χ1) is 8.70. The molecule has 1 aliphatic carbocycles. The fourth-order valence-electron chi connectivity index (χ4n) is 2.55. The quantitative estimate of drug-likeness (QED) is 0.832. The molecule has 0 spiro atoms. The Labute approximate surface area is 105 Å². The number of carbonyl (C=O) groups is 1. The van der Waals surface area contributed by atoms with Crippen LogP contribution in [-0.4, -0.2) is 17.9 Å². The molecule has 1 N–H and O–H groups in total.